The van der Waals surface area contributed by atoms with Gasteiger partial charge in [-0.1, -0.05) is 26.7 Å². The number of H-pyrrole nitrogens is 1. The van der Waals surface area contributed by atoms with Crippen LogP contribution in [0.25, 0.3) is 11.2 Å². The first-order chi connectivity index (χ1) is 9.20. The first-order valence-electron chi connectivity index (χ1n) is 6.87. The highest BCUT2D eigenvalue weighted by Gasteiger charge is 2.12. The standard InChI is InChI=1S/C13H20N4OS/c1-3-5-7-16-11-10(14-9-15-11)12(18)17(13(16)19)8-6-4-2/h9H,3-8H2,1-2H3,(H,14,15). The Hall–Kier alpha value is -1.43. The SMILES string of the molecule is CCCCn1c(=O)c2[nH]cnc2n(CCCC)c1=S. The lowest BCUT2D eigenvalue weighted by Gasteiger charge is -2.12. The van der Waals surface area contributed by atoms with Gasteiger partial charge in [-0.3, -0.25) is 9.36 Å². The Bertz CT molecular complexity index is 667. The molecule has 0 bridgehead atoms. The molecule has 0 radical (unpaired) electrons. The molecule has 19 heavy (non-hydrogen) atoms. The van der Waals surface area contributed by atoms with E-state index in [1.165, 1.54) is 0 Å². The van der Waals surface area contributed by atoms with Crippen molar-refractivity contribution in [2.24, 2.45) is 0 Å². The second-order valence-corrected chi connectivity index (χ2v) is 5.06. The van der Waals surface area contributed by atoms with E-state index in [4.69, 9.17) is 12.2 Å². The highest BCUT2D eigenvalue weighted by atomic mass is 32.1. The minimum atomic E-state index is -0.0568. The molecule has 0 unspecified atom stereocenters. The summed E-state index contributed by atoms with van der Waals surface area (Å²) in [6.07, 6.45) is 5.67. The third kappa shape index (κ3) is 2.63. The molecule has 0 fully saturated rings. The molecule has 1 N–H and O–H groups in total. The van der Waals surface area contributed by atoms with Crippen LogP contribution in [0.15, 0.2) is 11.1 Å². The Labute approximate surface area is 117 Å². The van der Waals surface area contributed by atoms with Gasteiger partial charge < -0.3 is 9.55 Å². The molecule has 0 aliphatic carbocycles. The fourth-order valence-electron chi connectivity index (χ4n) is 2.14. The van der Waals surface area contributed by atoms with Gasteiger partial charge in [0.15, 0.2) is 10.4 Å². The van der Waals surface area contributed by atoms with Crippen molar-refractivity contribution in [2.75, 3.05) is 0 Å². The molecule has 5 nitrogen and oxygen atoms in total. The zero-order chi connectivity index (χ0) is 13.8. The molecule has 0 amide bonds. The van der Waals surface area contributed by atoms with Crippen molar-refractivity contribution in [3.05, 3.63) is 21.5 Å². The van der Waals surface area contributed by atoms with Gasteiger partial charge >= 0.3 is 0 Å². The molecule has 6 heteroatoms. The van der Waals surface area contributed by atoms with E-state index < -0.39 is 0 Å². The van der Waals surface area contributed by atoms with E-state index in [0.29, 0.717) is 22.5 Å². The average molecular weight is 280 g/mol. The lowest BCUT2D eigenvalue weighted by molar-refractivity contribution is 0.547. The van der Waals surface area contributed by atoms with E-state index in [0.717, 1.165) is 32.2 Å². The van der Waals surface area contributed by atoms with Crippen LogP contribution in [0.2, 0.25) is 0 Å². The van der Waals surface area contributed by atoms with Crippen LogP contribution in [0.3, 0.4) is 0 Å². The molecule has 104 valence electrons. The van der Waals surface area contributed by atoms with Crippen molar-refractivity contribution in [1.29, 1.82) is 0 Å². The first-order valence-corrected chi connectivity index (χ1v) is 7.28. The van der Waals surface area contributed by atoms with Crippen molar-refractivity contribution < 1.29 is 0 Å². The Morgan fingerprint density at radius 2 is 1.84 bits per heavy atom. The van der Waals surface area contributed by atoms with E-state index in [1.807, 2.05) is 4.57 Å². The van der Waals surface area contributed by atoms with E-state index in [-0.39, 0.29) is 5.56 Å². The number of aromatic amines is 1. The van der Waals surface area contributed by atoms with E-state index in [1.54, 1.807) is 10.9 Å². The van der Waals surface area contributed by atoms with Crippen LogP contribution in [0.1, 0.15) is 39.5 Å². The number of rotatable bonds is 6. The molecule has 2 rings (SSSR count). The number of fused-ring (bicyclic) bond motifs is 1. The average Bonchev–Trinajstić information content (AvgIpc) is 2.88. The molecule has 0 aromatic carbocycles. The number of imidazole rings is 1. The molecule has 0 atom stereocenters. The third-order valence-corrected chi connectivity index (χ3v) is 3.71. The second kappa shape index (κ2) is 6.14. The predicted octanol–water partition coefficient (Wildman–Crippen LogP) is 2.86. The molecule has 2 heterocycles. The molecular weight excluding hydrogens is 260 g/mol. The quantitative estimate of drug-likeness (QED) is 0.828. The summed E-state index contributed by atoms with van der Waals surface area (Å²) in [7, 11) is 0. The van der Waals surface area contributed by atoms with Gasteiger partial charge in [0.1, 0.15) is 5.52 Å². The van der Waals surface area contributed by atoms with Crippen molar-refractivity contribution in [3.63, 3.8) is 0 Å². The van der Waals surface area contributed by atoms with Crippen LogP contribution < -0.4 is 5.56 Å². The minimum absolute atomic E-state index is 0.0568. The normalized spacial score (nSPS) is 11.3. The van der Waals surface area contributed by atoms with E-state index in [9.17, 15) is 4.79 Å². The van der Waals surface area contributed by atoms with Gasteiger partial charge in [-0.2, -0.15) is 0 Å². The fourth-order valence-corrected chi connectivity index (χ4v) is 2.49. The Morgan fingerprint density at radius 1 is 1.21 bits per heavy atom. The van der Waals surface area contributed by atoms with Gasteiger partial charge in [0.25, 0.3) is 5.56 Å². The number of nitrogens with zero attached hydrogens (tertiary/aromatic N) is 3. The fraction of sp³-hybridized carbons (Fsp3) is 0.615. The number of aromatic nitrogens is 4. The summed E-state index contributed by atoms with van der Waals surface area (Å²) in [5.74, 6) is 0. The van der Waals surface area contributed by atoms with E-state index in [2.05, 4.69) is 23.8 Å². The maximum Gasteiger partial charge on any atom is 0.280 e. The van der Waals surface area contributed by atoms with Crippen LogP contribution >= 0.6 is 12.2 Å². The minimum Gasteiger partial charge on any atom is -0.339 e. The number of unbranched alkanes of at least 4 members (excludes halogenated alkanes) is 2. The summed E-state index contributed by atoms with van der Waals surface area (Å²) in [4.78, 5) is 19.5. The lowest BCUT2D eigenvalue weighted by atomic mass is 10.3. The zero-order valence-electron chi connectivity index (χ0n) is 11.5. The molecule has 0 aliphatic heterocycles. The third-order valence-electron chi connectivity index (χ3n) is 3.27. The summed E-state index contributed by atoms with van der Waals surface area (Å²) in [5.41, 5.74) is 1.18. The molecule has 0 saturated carbocycles. The molecular formula is C13H20N4OS. The largest absolute Gasteiger partial charge is 0.339 e. The molecule has 0 spiro atoms. The zero-order valence-corrected chi connectivity index (χ0v) is 12.3. The summed E-state index contributed by atoms with van der Waals surface area (Å²) in [6.45, 7) is 5.73. The van der Waals surface area contributed by atoms with Crippen LogP contribution in [0.4, 0.5) is 0 Å². The van der Waals surface area contributed by atoms with Crippen molar-refractivity contribution in [1.82, 2.24) is 19.1 Å². The van der Waals surface area contributed by atoms with Crippen LogP contribution in [-0.2, 0) is 13.1 Å². The second-order valence-electron chi connectivity index (χ2n) is 4.70. The van der Waals surface area contributed by atoms with Crippen LogP contribution in [0, 0.1) is 4.77 Å². The van der Waals surface area contributed by atoms with E-state index >= 15 is 0 Å². The maximum absolute atomic E-state index is 12.4. The van der Waals surface area contributed by atoms with Gasteiger partial charge in [-0.15, -0.1) is 0 Å². The molecule has 2 aromatic heterocycles. The highest BCUT2D eigenvalue weighted by Crippen LogP contribution is 2.09. The lowest BCUT2D eigenvalue weighted by Crippen LogP contribution is -2.26. The number of hydrogen-bond acceptors (Lipinski definition) is 3. The first kappa shape index (κ1) is 14.0. The van der Waals surface area contributed by atoms with Crippen LogP contribution in [0.5, 0.6) is 0 Å². The highest BCUT2D eigenvalue weighted by molar-refractivity contribution is 7.71. The van der Waals surface area contributed by atoms with Crippen molar-refractivity contribution in [3.8, 4) is 0 Å². The number of aryl methyl sites for hydroxylation is 1. The summed E-state index contributed by atoms with van der Waals surface area (Å²) in [6, 6.07) is 0. The topological polar surface area (TPSA) is 55.6 Å². The Kier molecular flexibility index (Phi) is 4.52. The number of hydrogen-bond donors (Lipinski definition) is 1. The molecule has 0 aliphatic rings. The maximum atomic E-state index is 12.4. The van der Waals surface area contributed by atoms with Crippen LogP contribution in [-0.4, -0.2) is 19.1 Å². The summed E-state index contributed by atoms with van der Waals surface area (Å²) in [5, 5.41) is 0. The molecule has 0 saturated heterocycles. The number of nitrogens with one attached hydrogen (secondary N) is 1. The van der Waals surface area contributed by atoms with Gasteiger partial charge in [0.2, 0.25) is 0 Å². The summed E-state index contributed by atoms with van der Waals surface area (Å²) >= 11 is 5.47. The van der Waals surface area contributed by atoms with Crippen molar-refractivity contribution in [2.45, 2.75) is 52.6 Å². The van der Waals surface area contributed by atoms with Crippen molar-refractivity contribution >= 4 is 23.4 Å². The molecule has 2 aromatic rings. The summed E-state index contributed by atoms with van der Waals surface area (Å²) < 4.78 is 4.25. The Morgan fingerprint density at radius 3 is 2.47 bits per heavy atom. The van der Waals surface area contributed by atoms with Gasteiger partial charge in [-0.05, 0) is 25.1 Å². The smallest absolute Gasteiger partial charge is 0.280 e. The van der Waals surface area contributed by atoms with Gasteiger partial charge in [-0.25, -0.2) is 4.98 Å². The predicted molar refractivity (Wildman–Crippen MR) is 79.0 cm³/mol. The van der Waals surface area contributed by atoms with Gasteiger partial charge in [0, 0.05) is 13.1 Å². The monoisotopic (exact) mass is 280 g/mol. The van der Waals surface area contributed by atoms with Gasteiger partial charge in [0.05, 0.1) is 6.33 Å². The Balaban J connectivity index is 2.61.